The first-order valence-corrected chi connectivity index (χ1v) is 15.7. The summed E-state index contributed by atoms with van der Waals surface area (Å²) in [4.78, 5) is 46.2. The summed E-state index contributed by atoms with van der Waals surface area (Å²) >= 11 is 1.20. The van der Waals surface area contributed by atoms with Crippen LogP contribution in [0.25, 0.3) is 10.2 Å². The van der Waals surface area contributed by atoms with E-state index in [1.165, 1.54) is 28.4 Å². The first kappa shape index (κ1) is 29.3. The van der Waals surface area contributed by atoms with Crippen LogP contribution in [-0.2, 0) is 20.9 Å². The van der Waals surface area contributed by atoms with Gasteiger partial charge in [-0.1, -0.05) is 66.7 Å². The number of nitrogens with zero attached hydrogens (tertiary/aromatic N) is 2. The number of benzene rings is 2. The number of rotatable bonds is 6. The first-order chi connectivity index (χ1) is 20.8. The summed E-state index contributed by atoms with van der Waals surface area (Å²) in [6.45, 7) is 0.644. The van der Waals surface area contributed by atoms with Gasteiger partial charge in [-0.15, -0.1) is 0 Å². The second-order valence-electron chi connectivity index (χ2n) is 11.6. The number of thiazole rings is 1. The summed E-state index contributed by atoms with van der Waals surface area (Å²) < 4.78 is 20.6. The number of hydrogen-bond acceptors (Lipinski definition) is 7. The van der Waals surface area contributed by atoms with Crippen LogP contribution in [-0.4, -0.2) is 63.0 Å². The minimum Gasteiger partial charge on any atom is -0.479 e. The molecule has 3 N–H and O–H groups in total. The minimum atomic E-state index is -1.37. The number of amides is 2. The van der Waals surface area contributed by atoms with Gasteiger partial charge in [-0.25, -0.2) is 14.2 Å². The number of hydrogen-bond donors (Lipinski definition) is 3. The van der Waals surface area contributed by atoms with E-state index in [2.05, 4.69) is 15.6 Å². The molecule has 0 spiro atoms. The molecule has 2 aliphatic heterocycles. The number of halogens is 1. The fourth-order valence-corrected chi connectivity index (χ4v) is 7.02. The summed E-state index contributed by atoms with van der Waals surface area (Å²) in [6, 6.07) is 12.7. The van der Waals surface area contributed by atoms with Gasteiger partial charge in [0, 0.05) is 18.9 Å². The highest BCUT2D eigenvalue weighted by Gasteiger charge is 2.61. The zero-order chi connectivity index (χ0) is 30.0. The predicted molar refractivity (Wildman–Crippen MR) is 160 cm³/mol. The van der Waals surface area contributed by atoms with Crippen LogP contribution < -0.4 is 15.4 Å². The van der Waals surface area contributed by atoms with Crippen LogP contribution in [0.3, 0.4) is 0 Å². The van der Waals surface area contributed by atoms with E-state index >= 15 is 0 Å². The molecule has 6 rings (SSSR count). The molecule has 0 radical (unpaired) electrons. The van der Waals surface area contributed by atoms with Gasteiger partial charge >= 0.3 is 5.97 Å². The number of allylic oxidation sites excluding steroid dienone is 1. The first-order valence-electron chi connectivity index (χ1n) is 14.8. The number of carboxylic acids is 1. The highest BCUT2D eigenvalue weighted by atomic mass is 32.1. The van der Waals surface area contributed by atoms with Gasteiger partial charge in [0.1, 0.15) is 23.5 Å². The molecule has 2 fully saturated rings. The van der Waals surface area contributed by atoms with Crippen LogP contribution >= 0.6 is 11.3 Å². The Bertz CT molecular complexity index is 1530. The van der Waals surface area contributed by atoms with Crippen molar-refractivity contribution in [3.63, 3.8) is 0 Å². The van der Waals surface area contributed by atoms with Gasteiger partial charge in [0.25, 0.3) is 5.19 Å². The Kier molecular flexibility index (Phi) is 8.45. The summed E-state index contributed by atoms with van der Waals surface area (Å²) in [5.74, 6) is -2.45. The smallest absolute Gasteiger partial charge is 0.330 e. The van der Waals surface area contributed by atoms with Crippen molar-refractivity contribution >= 4 is 39.3 Å². The molecular formula is C32H35FN4O5S. The van der Waals surface area contributed by atoms with Crippen molar-refractivity contribution in [2.75, 3.05) is 6.54 Å². The molecule has 3 aliphatic rings. The number of carbonyl (C=O) groups excluding carboxylic acids is 2. The zero-order valence-corrected chi connectivity index (χ0v) is 24.5. The number of aromatic nitrogens is 1. The van der Waals surface area contributed by atoms with E-state index in [0.29, 0.717) is 34.8 Å². The zero-order valence-electron chi connectivity index (χ0n) is 23.7. The summed E-state index contributed by atoms with van der Waals surface area (Å²) in [6.07, 6.45) is 7.99. The lowest BCUT2D eigenvalue weighted by atomic mass is 10.0. The van der Waals surface area contributed by atoms with E-state index in [-0.39, 0.29) is 30.6 Å². The quantitative estimate of drug-likeness (QED) is 0.355. The van der Waals surface area contributed by atoms with Gasteiger partial charge in [-0.05, 0) is 49.4 Å². The van der Waals surface area contributed by atoms with Crippen molar-refractivity contribution < 1.29 is 28.6 Å². The van der Waals surface area contributed by atoms with Gasteiger partial charge in [0.05, 0.1) is 22.8 Å². The van der Waals surface area contributed by atoms with Crippen LogP contribution in [0.15, 0.2) is 60.7 Å². The molecule has 1 aromatic heterocycles. The number of aliphatic carboxylic acids is 1. The Morgan fingerprint density at radius 3 is 2.84 bits per heavy atom. The normalized spacial score (nSPS) is 28.7. The molecule has 1 aliphatic carbocycles. The van der Waals surface area contributed by atoms with Crippen molar-refractivity contribution in [1.82, 2.24) is 20.5 Å². The second-order valence-corrected chi connectivity index (χ2v) is 12.6. The predicted octanol–water partition coefficient (Wildman–Crippen LogP) is 4.42. The fraction of sp³-hybridized carbons (Fsp3) is 0.438. The topological polar surface area (TPSA) is 121 Å². The molecule has 2 aromatic carbocycles. The monoisotopic (exact) mass is 606 g/mol. The van der Waals surface area contributed by atoms with Crippen LogP contribution in [0.2, 0.25) is 0 Å². The van der Waals surface area contributed by atoms with Gasteiger partial charge in [0.15, 0.2) is 0 Å². The molecule has 3 aromatic rings. The van der Waals surface area contributed by atoms with E-state index in [9.17, 15) is 23.9 Å². The highest BCUT2D eigenvalue weighted by Crippen LogP contribution is 2.45. The molecule has 0 unspecified atom stereocenters. The number of nitrogens with one attached hydrogen (secondary N) is 2. The highest BCUT2D eigenvalue weighted by molar-refractivity contribution is 7.20. The minimum absolute atomic E-state index is 0.147. The van der Waals surface area contributed by atoms with E-state index in [0.717, 1.165) is 31.2 Å². The molecule has 226 valence electrons. The lowest BCUT2D eigenvalue weighted by molar-refractivity contribution is -0.145. The van der Waals surface area contributed by atoms with Gasteiger partial charge in [-0.2, -0.15) is 0 Å². The standard InChI is InChI=1S/C32H35FN4O5S/c33-22-13-14-24-27(15-22)43-31(35-24)42-23-16-26-28(38)36-32(30(40)41)17-21(32)11-7-2-1-3-8-12-25(29(39)37(26)19-23)34-18-20-9-5-4-6-10-20/h4-7,9-11,13-15,21,23,25-26,34H,1-3,8,12,16-19H2,(H,36,38)(H,40,41)/b11-7-/t21-,23+,25-,26-,32+/m0/s1. The number of carboxylic acid groups (broad SMARTS) is 1. The van der Waals surface area contributed by atoms with E-state index in [1.807, 2.05) is 42.5 Å². The Balaban J connectivity index is 1.26. The molecule has 3 heterocycles. The molecule has 1 saturated carbocycles. The van der Waals surface area contributed by atoms with Crippen molar-refractivity contribution in [1.29, 1.82) is 0 Å². The lowest BCUT2D eigenvalue weighted by Gasteiger charge is -2.29. The molecule has 5 atom stereocenters. The van der Waals surface area contributed by atoms with Crippen LogP contribution in [0.5, 0.6) is 5.19 Å². The Morgan fingerprint density at radius 1 is 1.19 bits per heavy atom. The van der Waals surface area contributed by atoms with E-state index in [4.69, 9.17) is 4.74 Å². The molecule has 11 heteroatoms. The molecule has 2 amide bonds. The summed E-state index contributed by atoms with van der Waals surface area (Å²) in [5.41, 5.74) is 0.275. The van der Waals surface area contributed by atoms with Crippen molar-refractivity contribution in [3.05, 3.63) is 72.1 Å². The number of fused-ring (bicyclic) bond motifs is 3. The average molecular weight is 607 g/mol. The molecule has 1 saturated heterocycles. The van der Waals surface area contributed by atoms with Crippen molar-refractivity contribution in [3.8, 4) is 5.19 Å². The molecule has 0 bridgehead atoms. The third kappa shape index (κ3) is 6.42. The summed E-state index contributed by atoms with van der Waals surface area (Å²) in [5, 5.41) is 16.6. The maximum atomic E-state index is 14.2. The third-order valence-corrected chi connectivity index (χ3v) is 9.52. The van der Waals surface area contributed by atoms with Crippen molar-refractivity contribution in [2.45, 2.75) is 75.2 Å². The Morgan fingerprint density at radius 2 is 2.02 bits per heavy atom. The van der Waals surface area contributed by atoms with E-state index in [1.54, 1.807) is 6.07 Å². The fourth-order valence-electron chi connectivity index (χ4n) is 6.11. The van der Waals surface area contributed by atoms with Crippen molar-refractivity contribution in [2.24, 2.45) is 5.92 Å². The SMILES string of the molecule is O=C1N[C@]2(C(=O)O)C[C@@H]2/C=C\CCCCC[C@H](NCc2ccccc2)C(=O)N2C[C@H](Oc3nc4ccc(F)cc4s3)C[C@@H]12. The van der Waals surface area contributed by atoms with Gasteiger partial charge in [0.2, 0.25) is 11.8 Å². The molecular weight excluding hydrogens is 571 g/mol. The van der Waals surface area contributed by atoms with Crippen LogP contribution in [0.1, 0.15) is 50.5 Å². The van der Waals surface area contributed by atoms with Crippen LogP contribution in [0.4, 0.5) is 4.39 Å². The number of carbonyl (C=O) groups is 3. The van der Waals surface area contributed by atoms with E-state index < -0.39 is 35.6 Å². The maximum Gasteiger partial charge on any atom is 0.330 e. The molecule has 9 nitrogen and oxygen atoms in total. The van der Waals surface area contributed by atoms with Gasteiger partial charge < -0.3 is 25.4 Å². The Labute approximate surface area is 253 Å². The second kappa shape index (κ2) is 12.4. The number of ether oxygens (including phenoxy) is 1. The third-order valence-electron chi connectivity index (χ3n) is 8.61. The lowest BCUT2D eigenvalue weighted by Crippen LogP contribution is -2.55. The summed E-state index contributed by atoms with van der Waals surface area (Å²) in [7, 11) is 0. The largest absolute Gasteiger partial charge is 0.479 e. The van der Waals surface area contributed by atoms with Crippen LogP contribution in [0, 0.1) is 11.7 Å². The molecule has 43 heavy (non-hydrogen) atoms. The maximum absolute atomic E-state index is 14.2. The Hall–Kier alpha value is -3.83. The average Bonchev–Trinajstić information content (AvgIpc) is 3.31. The van der Waals surface area contributed by atoms with Gasteiger partial charge in [-0.3, -0.25) is 9.59 Å².